The lowest BCUT2D eigenvalue weighted by Gasteiger charge is -2.07. The van der Waals surface area contributed by atoms with Gasteiger partial charge >= 0.3 is 5.69 Å². The second kappa shape index (κ2) is 4.33. The van der Waals surface area contributed by atoms with Crippen molar-refractivity contribution in [2.75, 3.05) is 0 Å². The molecule has 0 unspecified atom stereocenters. The summed E-state index contributed by atoms with van der Waals surface area (Å²) in [6.45, 7) is 1.47. The van der Waals surface area contributed by atoms with E-state index in [9.17, 15) is 9.59 Å². The number of ketones is 1. The van der Waals surface area contributed by atoms with Crippen LogP contribution >= 0.6 is 0 Å². The summed E-state index contributed by atoms with van der Waals surface area (Å²) >= 11 is 0. The van der Waals surface area contributed by atoms with Gasteiger partial charge in [-0.25, -0.2) is 4.79 Å². The van der Waals surface area contributed by atoms with Gasteiger partial charge in [-0.05, 0) is 6.92 Å². The number of benzene rings is 1. The molecule has 0 saturated carbocycles. The average Bonchev–Trinajstić information content (AvgIpc) is 2.33. The van der Waals surface area contributed by atoms with E-state index >= 15 is 0 Å². The van der Waals surface area contributed by atoms with Crippen LogP contribution in [0.5, 0.6) is 0 Å². The maximum atomic E-state index is 11.5. The summed E-state index contributed by atoms with van der Waals surface area (Å²) in [5.41, 5.74) is 1.31. The highest BCUT2D eigenvalue weighted by molar-refractivity contribution is 5.99. The molecule has 17 heavy (non-hydrogen) atoms. The minimum absolute atomic E-state index is 0.105. The summed E-state index contributed by atoms with van der Waals surface area (Å²) in [6, 6.07) is 9.22. The van der Waals surface area contributed by atoms with E-state index in [0.29, 0.717) is 11.3 Å². The van der Waals surface area contributed by atoms with Crippen molar-refractivity contribution in [3.05, 3.63) is 52.6 Å². The Morgan fingerprint density at radius 1 is 1.24 bits per heavy atom. The molecule has 0 spiro atoms. The molecule has 0 N–H and O–H groups in total. The summed E-state index contributed by atoms with van der Waals surface area (Å²) in [6.07, 6.45) is 1.53. The molecule has 0 aliphatic heterocycles. The Hall–Kier alpha value is -2.23. The first-order chi connectivity index (χ1) is 8.09. The van der Waals surface area contributed by atoms with Crippen molar-refractivity contribution >= 4 is 5.78 Å². The Morgan fingerprint density at radius 3 is 2.47 bits per heavy atom. The molecule has 0 aliphatic carbocycles. The van der Waals surface area contributed by atoms with E-state index in [0.717, 1.165) is 5.56 Å². The molecule has 0 fully saturated rings. The van der Waals surface area contributed by atoms with E-state index in [4.69, 9.17) is 0 Å². The molecule has 0 saturated heterocycles. The second-order valence-corrected chi connectivity index (χ2v) is 3.82. The van der Waals surface area contributed by atoms with Crippen LogP contribution in [0.2, 0.25) is 0 Å². The van der Waals surface area contributed by atoms with Gasteiger partial charge in [0, 0.05) is 18.8 Å². The minimum atomic E-state index is -0.367. The number of Topliss-reactive ketones (excluding diaryl/α,β-unsaturated/α-hetero) is 1. The van der Waals surface area contributed by atoms with Crippen LogP contribution in [0.25, 0.3) is 11.3 Å². The van der Waals surface area contributed by atoms with E-state index in [1.165, 1.54) is 17.7 Å². The maximum Gasteiger partial charge on any atom is 0.347 e. The number of carbonyl (C=O) groups excluding carboxylic acids is 1. The first kappa shape index (κ1) is 11.3. The zero-order chi connectivity index (χ0) is 12.4. The van der Waals surface area contributed by atoms with Crippen LogP contribution in [0.15, 0.2) is 41.3 Å². The van der Waals surface area contributed by atoms with Crippen molar-refractivity contribution in [2.45, 2.75) is 6.92 Å². The van der Waals surface area contributed by atoms with Gasteiger partial charge in [-0.1, -0.05) is 30.3 Å². The number of aryl methyl sites for hydroxylation is 1. The van der Waals surface area contributed by atoms with Crippen molar-refractivity contribution in [1.82, 2.24) is 9.55 Å². The van der Waals surface area contributed by atoms with Crippen LogP contribution in [-0.4, -0.2) is 15.3 Å². The summed E-state index contributed by atoms with van der Waals surface area (Å²) < 4.78 is 1.31. The van der Waals surface area contributed by atoms with Gasteiger partial charge in [-0.2, -0.15) is 4.98 Å². The van der Waals surface area contributed by atoms with E-state index in [2.05, 4.69) is 4.98 Å². The molecular weight excluding hydrogens is 216 g/mol. The molecule has 1 heterocycles. The fourth-order valence-electron chi connectivity index (χ4n) is 1.62. The smallest absolute Gasteiger partial charge is 0.301 e. The summed E-state index contributed by atoms with van der Waals surface area (Å²) in [7, 11) is 1.58. The quantitative estimate of drug-likeness (QED) is 0.734. The van der Waals surface area contributed by atoms with Crippen LogP contribution in [0.1, 0.15) is 17.3 Å². The number of aromatic nitrogens is 2. The van der Waals surface area contributed by atoms with Crippen molar-refractivity contribution in [3.8, 4) is 11.3 Å². The number of hydrogen-bond donors (Lipinski definition) is 0. The number of hydrogen-bond acceptors (Lipinski definition) is 3. The molecular formula is C13H12N2O2. The molecule has 1 aromatic heterocycles. The number of carbonyl (C=O) groups is 1. The standard InChI is InChI=1S/C13H12N2O2/c1-9(16)11-8-15(2)13(17)14-12(11)10-6-4-3-5-7-10/h3-8H,1-2H3. The molecule has 0 amide bonds. The van der Waals surface area contributed by atoms with Gasteiger partial charge in [0.2, 0.25) is 0 Å². The van der Waals surface area contributed by atoms with Crippen LogP contribution in [0.3, 0.4) is 0 Å². The largest absolute Gasteiger partial charge is 0.347 e. The summed E-state index contributed by atoms with van der Waals surface area (Å²) in [5.74, 6) is -0.105. The SMILES string of the molecule is CC(=O)c1cn(C)c(=O)nc1-c1ccccc1. The zero-order valence-electron chi connectivity index (χ0n) is 9.68. The van der Waals surface area contributed by atoms with Gasteiger partial charge in [0.15, 0.2) is 5.78 Å². The van der Waals surface area contributed by atoms with Crippen molar-refractivity contribution in [2.24, 2.45) is 7.05 Å². The van der Waals surface area contributed by atoms with Crippen LogP contribution in [-0.2, 0) is 7.05 Å². The van der Waals surface area contributed by atoms with Crippen LogP contribution in [0.4, 0.5) is 0 Å². The monoisotopic (exact) mass is 228 g/mol. The molecule has 0 bridgehead atoms. The molecule has 1 aromatic carbocycles. The fraction of sp³-hybridized carbons (Fsp3) is 0.154. The van der Waals surface area contributed by atoms with Crippen molar-refractivity contribution < 1.29 is 4.79 Å². The molecule has 2 rings (SSSR count). The van der Waals surface area contributed by atoms with Crippen LogP contribution < -0.4 is 5.69 Å². The normalized spacial score (nSPS) is 10.2. The molecule has 0 radical (unpaired) electrons. The number of rotatable bonds is 2. The van der Waals surface area contributed by atoms with E-state index < -0.39 is 0 Å². The van der Waals surface area contributed by atoms with E-state index in [1.54, 1.807) is 7.05 Å². The van der Waals surface area contributed by atoms with Crippen molar-refractivity contribution in [3.63, 3.8) is 0 Å². The average molecular weight is 228 g/mol. The first-order valence-electron chi connectivity index (χ1n) is 5.23. The molecule has 0 atom stereocenters. The van der Waals surface area contributed by atoms with Crippen LogP contribution in [0, 0.1) is 0 Å². The Balaban J connectivity index is 2.73. The Bertz CT molecular complexity index is 615. The minimum Gasteiger partial charge on any atom is -0.301 e. The lowest BCUT2D eigenvalue weighted by Crippen LogP contribution is -2.22. The van der Waals surface area contributed by atoms with Gasteiger partial charge in [-0.3, -0.25) is 4.79 Å². The Kier molecular flexibility index (Phi) is 2.87. The predicted molar refractivity (Wildman–Crippen MR) is 64.9 cm³/mol. The highest BCUT2D eigenvalue weighted by Gasteiger charge is 2.12. The zero-order valence-corrected chi connectivity index (χ0v) is 9.68. The van der Waals surface area contributed by atoms with Gasteiger partial charge in [0.1, 0.15) is 0 Å². The topological polar surface area (TPSA) is 52.0 Å². The molecule has 86 valence electrons. The second-order valence-electron chi connectivity index (χ2n) is 3.82. The van der Waals surface area contributed by atoms with E-state index in [-0.39, 0.29) is 11.5 Å². The lowest BCUT2D eigenvalue weighted by atomic mass is 10.1. The molecule has 0 aliphatic rings. The summed E-state index contributed by atoms with van der Waals surface area (Å²) in [4.78, 5) is 27.0. The Morgan fingerprint density at radius 2 is 1.88 bits per heavy atom. The summed E-state index contributed by atoms with van der Waals surface area (Å²) in [5, 5.41) is 0. The van der Waals surface area contributed by atoms with Gasteiger partial charge in [0.25, 0.3) is 0 Å². The highest BCUT2D eigenvalue weighted by atomic mass is 16.1. The highest BCUT2D eigenvalue weighted by Crippen LogP contribution is 2.19. The number of nitrogens with zero attached hydrogens (tertiary/aromatic N) is 2. The van der Waals surface area contributed by atoms with E-state index in [1.807, 2.05) is 30.3 Å². The predicted octanol–water partition coefficient (Wildman–Crippen LogP) is 1.65. The fourth-order valence-corrected chi connectivity index (χ4v) is 1.62. The molecule has 2 aromatic rings. The van der Waals surface area contributed by atoms with Gasteiger partial charge < -0.3 is 4.57 Å². The van der Waals surface area contributed by atoms with Crippen molar-refractivity contribution in [1.29, 1.82) is 0 Å². The molecule has 4 nitrogen and oxygen atoms in total. The van der Waals surface area contributed by atoms with Gasteiger partial charge in [-0.15, -0.1) is 0 Å². The lowest BCUT2D eigenvalue weighted by molar-refractivity contribution is 0.101. The van der Waals surface area contributed by atoms with Gasteiger partial charge in [0.05, 0.1) is 11.3 Å². The third-order valence-electron chi connectivity index (χ3n) is 2.51. The third-order valence-corrected chi connectivity index (χ3v) is 2.51. The molecule has 4 heteroatoms. The maximum absolute atomic E-state index is 11.5. The Labute approximate surface area is 98.6 Å². The first-order valence-corrected chi connectivity index (χ1v) is 5.23. The third kappa shape index (κ3) is 2.15.